The van der Waals surface area contributed by atoms with Crippen LogP contribution in [0, 0.1) is 0 Å². The normalized spacial score (nSPS) is 16.1. The fourth-order valence-corrected chi connectivity index (χ4v) is 5.03. The minimum Gasteiger partial charge on any atom is -0.350 e. The molecule has 1 aliphatic rings. The average Bonchev–Trinajstić information content (AvgIpc) is 2.73. The van der Waals surface area contributed by atoms with Gasteiger partial charge in [0, 0.05) is 13.1 Å². The van der Waals surface area contributed by atoms with Crippen LogP contribution < -0.4 is 9.62 Å². The first kappa shape index (κ1) is 22.3. The van der Waals surface area contributed by atoms with Gasteiger partial charge in [-0.3, -0.25) is 14.0 Å². The molecule has 7 heteroatoms. The van der Waals surface area contributed by atoms with Crippen molar-refractivity contribution in [1.29, 1.82) is 0 Å². The lowest BCUT2D eigenvalue weighted by Crippen LogP contribution is -2.47. The van der Waals surface area contributed by atoms with Crippen LogP contribution in [0.15, 0.2) is 54.6 Å². The van der Waals surface area contributed by atoms with Crippen molar-refractivity contribution in [3.63, 3.8) is 0 Å². The topological polar surface area (TPSA) is 69.7 Å². The molecule has 0 unspecified atom stereocenters. The van der Waals surface area contributed by atoms with Gasteiger partial charge in [0.1, 0.15) is 6.04 Å². The number of hydrogen-bond acceptors (Lipinski definition) is 4. The molecule has 1 aliphatic heterocycles. The van der Waals surface area contributed by atoms with Crippen LogP contribution in [0.1, 0.15) is 37.3 Å². The van der Waals surface area contributed by atoms with Crippen molar-refractivity contribution in [2.45, 2.75) is 45.3 Å². The molecule has 2 aromatic rings. The molecule has 0 spiro atoms. The molecule has 1 atom stereocenters. The fraction of sp³-hybridized carbons (Fsp3) is 0.435. The Kier molecular flexibility index (Phi) is 7.50. The number of nitrogens with zero attached hydrogens (tertiary/aromatic N) is 2. The van der Waals surface area contributed by atoms with Crippen molar-refractivity contribution in [3.05, 3.63) is 65.7 Å². The van der Waals surface area contributed by atoms with Gasteiger partial charge in [0.25, 0.3) is 0 Å². The molecule has 1 amide bonds. The highest BCUT2D eigenvalue weighted by Crippen LogP contribution is 2.20. The number of sulfonamides is 1. The zero-order valence-corrected chi connectivity index (χ0v) is 18.6. The van der Waals surface area contributed by atoms with Gasteiger partial charge >= 0.3 is 0 Å². The van der Waals surface area contributed by atoms with Crippen LogP contribution in [-0.4, -0.2) is 44.6 Å². The lowest BCUT2D eigenvalue weighted by Gasteiger charge is -2.28. The summed E-state index contributed by atoms with van der Waals surface area (Å²) >= 11 is 0. The Morgan fingerprint density at radius 1 is 1.00 bits per heavy atom. The number of carbonyl (C=O) groups is 1. The molecule has 162 valence electrons. The summed E-state index contributed by atoms with van der Waals surface area (Å²) in [6, 6.07) is 16.1. The number of anilines is 1. The quantitative estimate of drug-likeness (QED) is 0.700. The lowest BCUT2D eigenvalue weighted by atomic mass is 10.1. The van der Waals surface area contributed by atoms with Crippen molar-refractivity contribution in [1.82, 2.24) is 10.2 Å². The third kappa shape index (κ3) is 6.06. The summed E-state index contributed by atoms with van der Waals surface area (Å²) in [4.78, 5) is 15.2. The van der Waals surface area contributed by atoms with Crippen LogP contribution in [-0.2, 0) is 27.9 Å². The standard InChI is InChI=1S/C23H31N3O3S/c1-19(26(30(2,28)29)22-9-5-3-6-10-22)23(27)24-17-20-11-13-21(14-12-20)18-25-15-7-4-8-16-25/h3,5-6,9-14,19H,4,7-8,15-18H2,1-2H3,(H,24,27)/t19-/m1/s1. The largest absolute Gasteiger partial charge is 0.350 e. The van der Waals surface area contributed by atoms with Crippen molar-refractivity contribution < 1.29 is 13.2 Å². The summed E-state index contributed by atoms with van der Waals surface area (Å²) in [5.41, 5.74) is 2.74. The van der Waals surface area contributed by atoms with E-state index in [4.69, 9.17) is 0 Å². The van der Waals surface area contributed by atoms with Crippen LogP contribution in [0.5, 0.6) is 0 Å². The van der Waals surface area contributed by atoms with E-state index in [1.165, 1.54) is 24.8 Å². The average molecular weight is 430 g/mol. The molecule has 0 aromatic heterocycles. The highest BCUT2D eigenvalue weighted by Gasteiger charge is 2.28. The van der Waals surface area contributed by atoms with E-state index in [1.807, 2.05) is 18.2 Å². The molecule has 3 rings (SSSR count). The minimum absolute atomic E-state index is 0.332. The Labute approximate surface area is 179 Å². The van der Waals surface area contributed by atoms with E-state index in [2.05, 4.69) is 22.3 Å². The highest BCUT2D eigenvalue weighted by atomic mass is 32.2. The van der Waals surface area contributed by atoms with E-state index in [1.54, 1.807) is 31.2 Å². The van der Waals surface area contributed by atoms with E-state index < -0.39 is 16.1 Å². The van der Waals surface area contributed by atoms with Gasteiger partial charge in [-0.15, -0.1) is 0 Å². The van der Waals surface area contributed by atoms with E-state index in [-0.39, 0.29) is 5.91 Å². The van der Waals surface area contributed by atoms with Crippen molar-refractivity contribution in [2.24, 2.45) is 0 Å². The number of nitrogens with one attached hydrogen (secondary N) is 1. The van der Waals surface area contributed by atoms with Crippen LogP contribution >= 0.6 is 0 Å². The predicted molar refractivity (Wildman–Crippen MR) is 121 cm³/mol. The molecule has 1 fully saturated rings. The maximum absolute atomic E-state index is 12.7. The molecular formula is C23H31N3O3S. The molecule has 0 aliphatic carbocycles. The van der Waals surface area contributed by atoms with E-state index in [0.29, 0.717) is 12.2 Å². The minimum atomic E-state index is -3.60. The highest BCUT2D eigenvalue weighted by molar-refractivity contribution is 7.92. The van der Waals surface area contributed by atoms with Gasteiger partial charge in [0.15, 0.2) is 0 Å². The Morgan fingerprint density at radius 3 is 2.20 bits per heavy atom. The van der Waals surface area contributed by atoms with Gasteiger partial charge in [-0.05, 0) is 56.1 Å². The molecule has 2 aromatic carbocycles. The molecule has 0 saturated carbocycles. The van der Waals surface area contributed by atoms with Crippen LogP contribution in [0.4, 0.5) is 5.69 Å². The Bertz CT molecular complexity index is 924. The zero-order valence-electron chi connectivity index (χ0n) is 17.8. The number of para-hydroxylation sites is 1. The van der Waals surface area contributed by atoms with Gasteiger partial charge in [0.05, 0.1) is 11.9 Å². The number of carbonyl (C=O) groups excluding carboxylic acids is 1. The van der Waals surface area contributed by atoms with E-state index >= 15 is 0 Å². The van der Waals surface area contributed by atoms with Gasteiger partial charge in [-0.2, -0.15) is 0 Å². The third-order valence-electron chi connectivity index (χ3n) is 5.44. The Hall–Kier alpha value is -2.38. The molecule has 1 heterocycles. The SMILES string of the molecule is C[C@H](C(=O)NCc1ccc(CN2CCCCC2)cc1)N(c1ccccc1)S(C)(=O)=O. The summed E-state index contributed by atoms with van der Waals surface area (Å²) in [5.74, 6) is -0.332. The van der Waals surface area contributed by atoms with Gasteiger partial charge in [-0.1, -0.05) is 48.9 Å². The number of piperidine rings is 1. The predicted octanol–water partition coefficient (Wildman–Crippen LogP) is 3.14. The summed E-state index contributed by atoms with van der Waals surface area (Å²) < 4.78 is 25.7. The van der Waals surface area contributed by atoms with Crippen LogP contribution in [0.2, 0.25) is 0 Å². The van der Waals surface area contributed by atoms with Crippen LogP contribution in [0.3, 0.4) is 0 Å². The number of likely N-dealkylation sites (tertiary alicyclic amines) is 1. The Morgan fingerprint density at radius 2 is 1.60 bits per heavy atom. The number of benzene rings is 2. The van der Waals surface area contributed by atoms with Crippen molar-refractivity contribution >= 4 is 21.6 Å². The first-order chi connectivity index (χ1) is 14.3. The molecule has 1 N–H and O–H groups in total. The van der Waals surface area contributed by atoms with E-state index in [9.17, 15) is 13.2 Å². The van der Waals surface area contributed by atoms with Gasteiger partial charge in [-0.25, -0.2) is 8.42 Å². The number of hydrogen-bond donors (Lipinski definition) is 1. The van der Waals surface area contributed by atoms with Gasteiger partial charge in [0.2, 0.25) is 15.9 Å². The maximum atomic E-state index is 12.7. The maximum Gasteiger partial charge on any atom is 0.243 e. The third-order valence-corrected chi connectivity index (χ3v) is 6.69. The number of rotatable bonds is 8. The lowest BCUT2D eigenvalue weighted by molar-refractivity contribution is -0.122. The Balaban J connectivity index is 1.58. The second-order valence-electron chi connectivity index (χ2n) is 7.94. The summed E-state index contributed by atoms with van der Waals surface area (Å²) in [5, 5.41) is 2.87. The second-order valence-corrected chi connectivity index (χ2v) is 9.80. The van der Waals surface area contributed by atoms with Gasteiger partial charge < -0.3 is 5.32 Å². The first-order valence-corrected chi connectivity index (χ1v) is 12.3. The molecule has 30 heavy (non-hydrogen) atoms. The second kappa shape index (κ2) is 10.1. The number of amides is 1. The molecule has 1 saturated heterocycles. The molecule has 6 nitrogen and oxygen atoms in total. The fourth-order valence-electron chi connectivity index (χ4n) is 3.86. The summed E-state index contributed by atoms with van der Waals surface area (Å²) in [7, 11) is -3.60. The monoisotopic (exact) mass is 429 g/mol. The molecule has 0 bridgehead atoms. The first-order valence-electron chi connectivity index (χ1n) is 10.5. The molecule has 0 radical (unpaired) electrons. The smallest absolute Gasteiger partial charge is 0.243 e. The molecular weight excluding hydrogens is 398 g/mol. The zero-order chi connectivity index (χ0) is 21.6. The van der Waals surface area contributed by atoms with E-state index in [0.717, 1.165) is 35.8 Å². The summed E-state index contributed by atoms with van der Waals surface area (Å²) in [6.45, 7) is 5.25. The van der Waals surface area contributed by atoms with Crippen LogP contribution in [0.25, 0.3) is 0 Å². The summed E-state index contributed by atoms with van der Waals surface area (Å²) in [6.07, 6.45) is 4.99. The van der Waals surface area contributed by atoms with Crippen molar-refractivity contribution in [2.75, 3.05) is 23.7 Å². The van der Waals surface area contributed by atoms with Crippen molar-refractivity contribution in [3.8, 4) is 0 Å².